The van der Waals surface area contributed by atoms with E-state index in [2.05, 4.69) is 17.2 Å². The van der Waals surface area contributed by atoms with Gasteiger partial charge in [0.15, 0.2) is 11.5 Å². The Balaban J connectivity index is 2.77. The number of amidine groups is 1. The normalized spacial score (nSPS) is 13.9. The third-order valence-corrected chi connectivity index (χ3v) is 2.17. The van der Waals surface area contributed by atoms with Gasteiger partial charge in [0.2, 0.25) is 0 Å². The molecule has 0 amide bonds. The maximum absolute atomic E-state index is 4.51. The van der Waals surface area contributed by atoms with Gasteiger partial charge in [0, 0.05) is 26.2 Å². The molecule has 0 bridgehead atoms. The van der Waals surface area contributed by atoms with Crippen molar-refractivity contribution in [2.45, 2.75) is 6.92 Å². The number of quaternary nitrogens is 1. The van der Waals surface area contributed by atoms with E-state index in [1.807, 2.05) is 51.2 Å². The van der Waals surface area contributed by atoms with Crippen LogP contribution in [0.5, 0.6) is 0 Å². The van der Waals surface area contributed by atoms with Crippen LogP contribution < -0.4 is 5.01 Å². The molecule has 0 saturated heterocycles. The van der Waals surface area contributed by atoms with Gasteiger partial charge < -0.3 is 4.90 Å². The molecule has 0 radical (unpaired) electrons. The molecule has 1 rings (SSSR count). The molecule has 0 heterocycles. The molecule has 14 heavy (non-hydrogen) atoms. The predicted octanol–water partition coefficient (Wildman–Crippen LogP) is 0.728. The highest BCUT2D eigenvalue weighted by atomic mass is 15.5. The highest BCUT2D eigenvalue weighted by Gasteiger charge is 2.04. The highest BCUT2D eigenvalue weighted by molar-refractivity contribution is 5.78. The van der Waals surface area contributed by atoms with E-state index in [1.165, 1.54) is 5.69 Å². The van der Waals surface area contributed by atoms with Gasteiger partial charge in [-0.25, -0.2) is 0 Å². The monoisotopic (exact) mass is 192 g/mol. The molecule has 0 spiro atoms. The summed E-state index contributed by atoms with van der Waals surface area (Å²) < 4.78 is 0. The fraction of sp³-hybridized carbons (Fsp3) is 0.364. The van der Waals surface area contributed by atoms with E-state index in [0.29, 0.717) is 0 Å². The smallest absolute Gasteiger partial charge is 0.157 e. The zero-order valence-corrected chi connectivity index (χ0v) is 9.28. The first-order valence-corrected chi connectivity index (χ1v) is 4.73. The largest absolute Gasteiger partial charge is 0.362 e. The van der Waals surface area contributed by atoms with E-state index in [-0.39, 0.29) is 0 Å². The second-order valence-electron chi connectivity index (χ2n) is 3.50. The van der Waals surface area contributed by atoms with Gasteiger partial charge in [0.1, 0.15) is 0 Å². The molecule has 0 aliphatic carbocycles. The van der Waals surface area contributed by atoms with Gasteiger partial charge in [-0.3, -0.25) is 0 Å². The fourth-order valence-electron chi connectivity index (χ4n) is 1.09. The van der Waals surface area contributed by atoms with Gasteiger partial charge in [-0.1, -0.05) is 23.3 Å². The Kier molecular flexibility index (Phi) is 3.65. The summed E-state index contributed by atoms with van der Waals surface area (Å²) in [6.07, 6.45) is 0. The molecule has 1 aromatic carbocycles. The SMILES string of the molecule is C/C(=N\[NH+](C)c1ccccc1)N(C)C. The van der Waals surface area contributed by atoms with E-state index in [9.17, 15) is 0 Å². The van der Waals surface area contributed by atoms with Crippen molar-refractivity contribution in [3.63, 3.8) is 0 Å². The summed E-state index contributed by atoms with van der Waals surface area (Å²) in [5.74, 6) is 1.02. The standard InChI is InChI=1S/C11H17N3/c1-10(13(2)3)12-14(4)11-8-6-5-7-9-11/h5-9H,1-4H3/p+1/b12-10+. The molecule has 1 N–H and O–H groups in total. The summed E-state index contributed by atoms with van der Waals surface area (Å²) in [6, 6.07) is 10.2. The van der Waals surface area contributed by atoms with Gasteiger partial charge in [-0.05, 0) is 6.92 Å². The lowest BCUT2D eigenvalue weighted by atomic mass is 10.3. The Hall–Kier alpha value is -1.35. The van der Waals surface area contributed by atoms with Gasteiger partial charge >= 0.3 is 0 Å². The van der Waals surface area contributed by atoms with Crippen LogP contribution in [-0.2, 0) is 0 Å². The number of benzene rings is 1. The van der Waals surface area contributed by atoms with Crippen LogP contribution in [0, 0.1) is 0 Å². The number of hydrogen-bond acceptors (Lipinski definition) is 1. The van der Waals surface area contributed by atoms with Crippen molar-refractivity contribution in [2.75, 3.05) is 21.1 Å². The molecule has 0 saturated carbocycles. The first kappa shape index (κ1) is 10.7. The average molecular weight is 192 g/mol. The van der Waals surface area contributed by atoms with Gasteiger partial charge in [0.05, 0.1) is 7.05 Å². The Bertz CT molecular complexity index is 304. The molecule has 76 valence electrons. The number of nitrogens with one attached hydrogen (secondary N) is 1. The number of nitrogens with zero attached hydrogens (tertiary/aromatic N) is 2. The van der Waals surface area contributed by atoms with E-state index >= 15 is 0 Å². The summed E-state index contributed by atoms with van der Waals surface area (Å²) in [5.41, 5.74) is 1.17. The number of para-hydroxylation sites is 1. The summed E-state index contributed by atoms with van der Waals surface area (Å²) in [6.45, 7) is 2.01. The summed E-state index contributed by atoms with van der Waals surface area (Å²) in [4.78, 5) is 2.01. The predicted molar refractivity (Wildman–Crippen MR) is 59.8 cm³/mol. The maximum Gasteiger partial charge on any atom is 0.157 e. The van der Waals surface area contributed by atoms with Crippen LogP contribution in [-0.4, -0.2) is 31.9 Å². The second kappa shape index (κ2) is 4.77. The topological polar surface area (TPSA) is 20.0 Å². The van der Waals surface area contributed by atoms with Crippen molar-refractivity contribution in [2.24, 2.45) is 5.10 Å². The van der Waals surface area contributed by atoms with E-state index in [1.54, 1.807) is 0 Å². The van der Waals surface area contributed by atoms with Crippen LogP contribution in [0.1, 0.15) is 6.92 Å². The van der Waals surface area contributed by atoms with E-state index < -0.39 is 0 Å². The van der Waals surface area contributed by atoms with Crippen LogP contribution in [0.2, 0.25) is 0 Å². The van der Waals surface area contributed by atoms with Crippen molar-refractivity contribution in [1.29, 1.82) is 0 Å². The third kappa shape index (κ3) is 2.85. The zero-order chi connectivity index (χ0) is 10.6. The molecular weight excluding hydrogens is 174 g/mol. The zero-order valence-electron chi connectivity index (χ0n) is 9.28. The van der Waals surface area contributed by atoms with Crippen molar-refractivity contribution in [3.05, 3.63) is 30.3 Å². The summed E-state index contributed by atoms with van der Waals surface area (Å²) in [7, 11) is 6.02. The molecule has 3 heteroatoms. The van der Waals surface area contributed by atoms with Gasteiger partial charge in [-0.2, -0.15) is 5.01 Å². The van der Waals surface area contributed by atoms with Gasteiger partial charge in [0.25, 0.3) is 0 Å². The Morgan fingerprint density at radius 1 is 1.21 bits per heavy atom. The first-order valence-electron chi connectivity index (χ1n) is 4.73. The van der Waals surface area contributed by atoms with Crippen LogP contribution in [0.3, 0.4) is 0 Å². The van der Waals surface area contributed by atoms with Crippen molar-refractivity contribution in [1.82, 2.24) is 4.90 Å². The minimum absolute atomic E-state index is 1.02. The molecule has 0 aliphatic rings. The third-order valence-electron chi connectivity index (χ3n) is 2.17. The Morgan fingerprint density at radius 3 is 2.29 bits per heavy atom. The van der Waals surface area contributed by atoms with Crippen LogP contribution in [0.15, 0.2) is 35.4 Å². The van der Waals surface area contributed by atoms with Crippen LogP contribution in [0.25, 0.3) is 0 Å². The lowest BCUT2D eigenvalue weighted by Gasteiger charge is -2.12. The fourth-order valence-corrected chi connectivity index (χ4v) is 1.09. The summed E-state index contributed by atoms with van der Waals surface area (Å²) in [5, 5.41) is 5.56. The van der Waals surface area contributed by atoms with Crippen LogP contribution >= 0.6 is 0 Å². The van der Waals surface area contributed by atoms with E-state index in [4.69, 9.17) is 0 Å². The van der Waals surface area contributed by atoms with Crippen LogP contribution in [0.4, 0.5) is 5.69 Å². The molecule has 1 atom stereocenters. The maximum atomic E-state index is 4.51. The first-order chi connectivity index (χ1) is 6.61. The van der Waals surface area contributed by atoms with Gasteiger partial charge in [-0.15, -0.1) is 0 Å². The van der Waals surface area contributed by atoms with Crippen molar-refractivity contribution >= 4 is 11.5 Å². The highest BCUT2D eigenvalue weighted by Crippen LogP contribution is 1.97. The minimum Gasteiger partial charge on any atom is -0.362 e. The Labute approximate surface area is 85.6 Å². The van der Waals surface area contributed by atoms with Crippen molar-refractivity contribution in [3.8, 4) is 0 Å². The Morgan fingerprint density at radius 2 is 1.79 bits per heavy atom. The number of hydrogen-bond donors (Lipinski definition) is 1. The van der Waals surface area contributed by atoms with E-state index in [0.717, 1.165) is 10.8 Å². The number of rotatable bonds is 2. The van der Waals surface area contributed by atoms with Crippen molar-refractivity contribution < 1.29 is 5.01 Å². The average Bonchev–Trinajstić information content (AvgIpc) is 2.19. The molecule has 3 nitrogen and oxygen atoms in total. The molecular formula is C11H18N3+. The minimum atomic E-state index is 1.02. The molecule has 1 unspecified atom stereocenters. The summed E-state index contributed by atoms with van der Waals surface area (Å²) >= 11 is 0. The lowest BCUT2D eigenvalue weighted by Crippen LogP contribution is -2.99. The quantitative estimate of drug-likeness (QED) is 0.416. The molecule has 0 aliphatic heterocycles. The molecule has 0 aromatic heterocycles. The molecule has 1 aromatic rings. The second-order valence-corrected chi connectivity index (χ2v) is 3.50. The molecule has 0 fully saturated rings. The lowest BCUT2D eigenvalue weighted by molar-refractivity contribution is -0.817.